The lowest BCUT2D eigenvalue weighted by Crippen LogP contribution is -2.33. The average Bonchev–Trinajstić information content (AvgIpc) is 3.27. The van der Waals surface area contributed by atoms with Crippen LogP contribution in [0, 0.1) is 0 Å². The molecular formula is C21H29N5O2S. The Balaban J connectivity index is 1.74. The van der Waals surface area contributed by atoms with Crippen LogP contribution in [-0.2, 0) is 17.8 Å². The molecule has 0 bridgehead atoms. The number of rotatable bonds is 7. The number of carbonyl (C=O) groups is 1. The van der Waals surface area contributed by atoms with Crippen LogP contribution >= 0.6 is 11.3 Å². The minimum Gasteiger partial charge on any atom is -0.370 e. The highest BCUT2D eigenvalue weighted by atomic mass is 32.1. The van der Waals surface area contributed by atoms with Gasteiger partial charge in [0.05, 0.1) is 17.6 Å². The summed E-state index contributed by atoms with van der Waals surface area (Å²) < 4.78 is 7.62. The van der Waals surface area contributed by atoms with Crippen molar-refractivity contribution in [1.82, 2.24) is 24.5 Å². The fourth-order valence-electron chi connectivity index (χ4n) is 3.79. The number of fused-ring (bicyclic) bond motifs is 5. The number of ether oxygens (including phenoxy) is 1. The number of unbranched alkanes of at least 4 members (excludes halogenated alkanes) is 2. The molecule has 29 heavy (non-hydrogen) atoms. The van der Waals surface area contributed by atoms with Gasteiger partial charge in [-0.05, 0) is 32.3 Å². The van der Waals surface area contributed by atoms with Gasteiger partial charge in [0, 0.05) is 24.4 Å². The van der Waals surface area contributed by atoms with E-state index in [1.54, 1.807) is 22.2 Å². The maximum Gasteiger partial charge on any atom is 0.293 e. The predicted molar refractivity (Wildman–Crippen MR) is 114 cm³/mol. The minimum absolute atomic E-state index is 0.0866. The fraction of sp³-hybridized carbons (Fsp3) is 0.619. The van der Waals surface area contributed by atoms with Crippen LogP contribution in [0.2, 0.25) is 0 Å². The maximum atomic E-state index is 13.1. The lowest BCUT2D eigenvalue weighted by atomic mass is 9.94. The number of amides is 1. The number of carbonyl (C=O) groups excluding carboxylic acids is 1. The maximum absolute atomic E-state index is 13.1. The first-order valence-electron chi connectivity index (χ1n) is 10.5. The number of hydrogen-bond acceptors (Lipinski definition) is 6. The monoisotopic (exact) mass is 415 g/mol. The molecule has 156 valence electrons. The van der Waals surface area contributed by atoms with E-state index in [4.69, 9.17) is 9.72 Å². The van der Waals surface area contributed by atoms with Crippen LogP contribution in [0.15, 0.2) is 6.33 Å². The van der Waals surface area contributed by atoms with Crippen LogP contribution < -0.4 is 0 Å². The van der Waals surface area contributed by atoms with Crippen LogP contribution in [-0.4, -0.2) is 49.1 Å². The molecule has 7 nitrogen and oxygen atoms in total. The average molecular weight is 416 g/mol. The summed E-state index contributed by atoms with van der Waals surface area (Å²) in [6.45, 7) is 10.6. The Hall–Kier alpha value is -2.06. The zero-order chi connectivity index (χ0) is 20.6. The molecule has 0 aliphatic carbocycles. The summed E-state index contributed by atoms with van der Waals surface area (Å²) >= 11 is 1.65. The number of aromatic nitrogens is 4. The molecule has 1 aliphatic rings. The van der Waals surface area contributed by atoms with E-state index in [-0.39, 0.29) is 17.3 Å². The number of hydrogen-bond donors (Lipinski definition) is 0. The molecule has 0 fully saturated rings. The van der Waals surface area contributed by atoms with Gasteiger partial charge in [0.2, 0.25) is 5.82 Å². The SMILES string of the molecule is CCCCN(CCCC)C(=O)c1nc2c3c4c(sc3ncn2n1)COC(C)(C)C4. The van der Waals surface area contributed by atoms with Crippen molar-refractivity contribution < 1.29 is 9.53 Å². The highest BCUT2D eigenvalue weighted by molar-refractivity contribution is 7.19. The van der Waals surface area contributed by atoms with Gasteiger partial charge >= 0.3 is 0 Å². The first-order valence-corrected chi connectivity index (χ1v) is 11.3. The van der Waals surface area contributed by atoms with Crippen LogP contribution in [0.5, 0.6) is 0 Å². The Kier molecular flexibility index (Phi) is 5.57. The molecular weight excluding hydrogens is 386 g/mol. The van der Waals surface area contributed by atoms with Crippen molar-refractivity contribution in [2.75, 3.05) is 13.1 Å². The van der Waals surface area contributed by atoms with Crippen molar-refractivity contribution in [2.45, 2.75) is 72.0 Å². The third-order valence-corrected chi connectivity index (χ3v) is 6.56. The Bertz CT molecular complexity index is 1030. The second-order valence-electron chi connectivity index (χ2n) is 8.36. The van der Waals surface area contributed by atoms with E-state index < -0.39 is 0 Å². The highest BCUT2D eigenvalue weighted by Gasteiger charge is 2.31. The number of nitrogens with zero attached hydrogens (tertiary/aromatic N) is 5. The van der Waals surface area contributed by atoms with Crippen molar-refractivity contribution in [2.24, 2.45) is 0 Å². The third kappa shape index (κ3) is 3.88. The summed E-state index contributed by atoms with van der Waals surface area (Å²) in [6.07, 6.45) is 6.55. The van der Waals surface area contributed by atoms with Gasteiger partial charge in [0.1, 0.15) is 11.2 Å². The summed E-state index contributed by atoms with van der Waals surface area (Å²) in [5.41, 5.74) is 1.74. The van der Waals surface area contributed by atoms with Crippen LogP contribution in [0.3, 0.4) is 0 Å². The fourth-order valence-corrected chi connectivity index (χ4v) is 4.85. The molecule has 0 atom stereocenters. The summed E-state index contributed by atoms with van der Waals surface area (Å²) in [4.78, 5) is 26.4. The van der Waals surface area contributed by atoms with Gasteiger partial charge in [0.25, 0.3) is 5.91 Å². The second-order valence-corrected chi connectivity index (χ2v) is 9.44. The molecule has 4 heterocycles. The molecule has 3 aromatic rings. The van der Waals surface area contributed by atoms with Crippen molar-refractivity contribution in [3.8, 4) is 0 Å². The number of thiophene rings is 1. The van der Waals surface area contributed by atoms with Crippen molar-refractivity contribution in [1.29, 1.82) is 0 Å². The Morgan fingerprint density at radius 3 is 2.69 bits per heavy atom. The van der Waals surface area contributed by atoms with Gasteiger partial charge in [-0.25, -0.2) is 14.5 Å². The molecule has 1 aliphatic heterocycles. The standard InChI is InChI=1S/C21H29N5O2S/c1-5-7-9-25(10-8-6-2)20(27)17-23-18-16-14-11-21(3,4)28-12-15(14)29-19(16)22-13-26(18)24-17/h13H,5-12H2,1-4H3. The molecule has 0 saturated heterocycles. The van der Waals surface area contributed by atoms with E-state index in [0.717, 1.165) is 61.1 Å². The Morgan fingerprint density at radius 1 is 1.28 bits per heavy atom. The topological polar surface area (TPSA) is 72.6 Å². The van der Waals surface area contributed by atoms with E-state index in [9.17, 15) is 4.79 Å². The van der Waals surface area contributed by atoms with Gasteiger partial charge in [-0.15, -0.1) is 16.4 Å². The van der Waals surface area contributed by atoms with Crippen LogP contribution in [0.4, 0.5) is 0 Å². The zero-order valence-electron chi connectivity index (χ0n) is 17.7. The third-order valence-electron chi connectivity index (χ3n) is 5.45. The summed E-state index contributed by atoms with van der Waals surface area (Å²) in [7, 11) is 0. The van der Waals surface area contributed by atoms with Gasteiger partial charge in [-0.3, -0.25) is 4.79 Å². The molecule has 0 saturated carbocycles. The molecule has 0 spiro atoms. The van der Waals surface area contributed by atoms with E-state index in [1.807, 2.05) is 4.90 Å². The highest BCUT2D eigenvalue weighted by Crippen LogP contribution is 2.39. The molecule has 0 unspecified atom stereocenters. The normalized spacial score (nSPS) is 15.7. The van der Waals surface area contributed by atoms with Crippen molar-refractivity contribution in [3.63, 3.8) is 0 Å². The van der Waals surface area contributed by atoms with E-state index in [0.29, 0.717) is 6.61 Å². The molecule has 1 amide bonds. The smallest absolute Gasteiger partial charge is 0.293 e. The first-order chi connectivity index (χ1) is 13.9. The summed E-state index contributed by atoms with van der Waals surface area (Å²) in [5.74, 6) is 0.175. The quantitative estimate of drug-likeness (QED) is 0.577. The van der Waals surface area contributed by atoms with Gasteiger partial charge < -0.3 is 9.64 Å². The van der Waals surface area contributed by atoms with E-state index in [2.05, 4.69) is 37.8 Å². The Labute approximate surface area is 175 Å². The molecule has 8 heteroatoms. The lowest BCUT2D eigenvalue weighted by molar-refractivity contribution is -0.0379. The lowest BCUT2D eigenvalue weighted by Gasteiger charge is -2.30. The van der Waals surface area contributed by atoms with Gasteiger partial charge in [0.15, 0.2) is 5.65 Å². The van der Waals surface area contributed by atoms with Gasteiger partial charge in [-0.1, -0.05) is 26.7 Å². The molecule has 0 radical (unpaired) electrons. The largest absolute Gasteiger partial charge is 0.370 e. The summed E-state index contributed by atoms with van der Waals surface area (Å²) in [6, 6.07) is 0. The predicted octanol–water partition coefficient (Wildman–Crippen LogP) is 4.23. The summed E-state index contributed by atoms with van der Waals surface area (Å²) in [5, 5.41) is 5.51. The van der Waals surface area contributed by atoms with Crippen LogP contribution in [0.1, 0.15) is 74.4 Å². The molecule has 0 aromatic carbocycles. The van der Waals surface area contributed by atoms with Gasteiger partial charge in [-0.2, -0.15) is 0 Å². The van der Waals surface area contributed by atoms with Crippen molar-refractivity contribution >= 4 is 33.1 Å². The van der Waals surface area contributed by atoms with E-state index >= 15 is 0 Å². The second kappa shape index (κ2) is 7.99. The van der Waals surface area contributed by atoms with Crippen molar-refractivity contribution in [3.05, 3.63) is 22.6 Å². The molecule has 4 rings (SSSR count). The Morgan fingerprint density at radius 2 is 2.00 bits per heavy atom. The minimum atomic E-state index is -0.219. The van der Waals surface area contributed by atoms with Crippen LogP contribution in [0.25, 0.3) is 15.9 Å². The molecule has 0 N–H and O–H groups in total. The van der Waals surface area contributed by atoms with E-state index in [1.165, 1.54) is 10.4 Å². The zero-order valence-corrected chi connectivity index (χ0v) is 18.5. The molecule has 3 aromatic heterocycles. The first kappa shape index (κ1) is 20.2.